The third-order valence-electron chi connectivity index (χ3n) is 1.52. The lowest BCUT2D eigenvalue weighted by Gasteiger charge is -2.06. The fraction of sp³-hybridized carbons (Fsp3) is 0.143. The Hall–Kier alpha value is -2.17. The molecule has 0 aliphatic carbocycles. The number of aromatic nitrogens is 1. The summed E-state index contributed by atoms with van der Waals surface area (Å²) < 4.78 is 36.9. The molecule has 0 unspecified atom stereocenters. The molecule has 0 bridgehead atoms. The molecule has 0 aliphatic heterocycles. The van der Waals surface area contributed by atoms with Crippen molar-refractivity contribution in [1.82, 2.24) is 4.98 Å². The van der Waals surface area contributed by atoms with E-state index in [1.165, 1.54) is 6.07 Å². The molecule has 1 aromatic rings. The van der Waals surface area contributed by atoms with Crippen molar-refractivity contribution >= 4 is 5.69 Å². The van der Waals surface area contributed by atoms with Gasteiger partial charge in [0, 0.05) is 6.20 Å². The summed E-state index contributed by atoms with van der Waals surface area (Å²) in [7, 11) is 0. The van der Waals surface area contributed by atoms with Crippen LogP contribution in [0.3, 0.4) is 0 Å². The highest BCUT2D eigenvalue weighted by molar-refractivity contribution is 5.50. The van der Waals surface area contributed by atoms with Gasteiger partial charge in [-0.25, -0.2) is 4.98 Å². The molecule has 0 amide bonds. The van der Waals surface area contributed by atoms with Gasteiger partial charge in [0.15, 0.2) is 0 Å². The van der Waals surface area contributed by atoms with E-state index in [-0.39, 0.29) is 0 Å². The van der Waals surface area contributed by atoms with E-state index in [0.29, 0.717) is 12.3 Å². The molecule has 1 aromatic heterocycles. The first kappa shape index (κ1) is 10.9. The summed E-state index contributed by atoms with van der Waals surface area (Å²) in [4.78, 5) is 12.3. The van der Waals surface area contributed by atoms with Gasteiger partial charge in [-0.1, -0.05) is 0 Å². The van der Waals surface area contributed by atoms with Gasteiger partial charge in [-0.3, -0.25) is 10.1 Å². The number of pyridine rings is 1. The molecule has 0 spiro atoms. The summed E-state index contributed by atoms with van der Waals surface area (Å²) in [5, 5.41) is 18.7. The van der Waals surface area contributed by atoms with Gasteiger partial charge in [-0.15, -0.1) is 0 Å². The predicted molar refractivity (Wildman–Crippen MR) is 40.6 cm³/mol. The molecule has 78 valence electrons. The van der Waals surface area contributed by atoms with Gasteiger partial charge in [0.05, 0.1) is 4.92 Å². The van der Waals surface area contributed by atoms with E-state index in [1.54, 1.807) is 0 Å². The van der Waals surface area contributed by atoms with Crippen molar-refractivity contribution in [3.05, 3.63) is 33.6 Å². The molecule has 1 rings (SSSR count). The summed E-state index contributed by atoms with van der Waals surface area (Å²) in [6.07, 6.45) is -4.18. The van der Waals surface area contributed by atoms with Crippen LogP contribution < -0.4 is 0 Å². The van der Waals surface area contributed by atoms with E-state index >= 15 is 0 Å². The molecule has 5 nitrogen and oxygen atoms in total. The van der Waals surface area contributed by atoms with Crippen LogP contribution in [-0.2, 0) is 6.18 Å². The summed E-state index contributed by atoms with van der Waals surface area (Å²) in [5.74, 6) is 0. The average Bonchev–Trinajstić information content (AvgIpc) is 2.15. The Morgan fingerprint density at radius 1 is 1.53 bits per heavy atom. The van der Waals surface area contributed by atoms with Gasteiger partial charge in [0.25, 0.3) is 0 Å². The Labute approximate surface area is 80.9 Å². The van der Waals surface area contributed by atoms with Gasteiger partial charge in [0.2, 0.25) is 5.69 Å². The van der Waals surface area contributed by atoms with Gasteiger partial charge >= 0.3 is 11.9 Å². The molecular formula is C7H2F3N3O2. The number of hydrogen-bond acceptors (Lipinski definition) is 4. The number of rotatable bonds is 1. The second kappa shape index (κ2) is 3.53. The Balaban J connectivity index is 3.55. The second-order valence-corrected chi connectivity index (χ2v) is 2.42. The van der Waals surface area contributed by atoms with Crippen molar-refractivity contribution in [1.29, 1.82) is 5.26 Å². The standard InChI is InChI=1S/C7H2F3N3O2/c8-7(9,10)4-1-2-12-5(3-11)6(4)13(14)15/h1-2H. The third kappa shape index (κ3) is 2.01. The van der Waals surface area contributed by atoms with Crippen LogP contribution in [0.15, 0.2) is 12.3 Å². The smallest absolute Gasteiger partial charge is 0.258 e. The van der Waals surface area contributed by atoms with Crippen LogP contribution >= 0.6 is 0 Å². The van der Waals surface area contributed by atoms with Crippen molar-refractivity contribution in [2.24, 2.45) is 0 Å². The maximum absolute atomic E-state index is 12.3. The first-order valence-corrected chi connectivity index (χ1v) is 3.48. The summed E-state index contributed by atoms with van der Waals surface area (Å²) in [6, 6.07) is 1.69. The van der Waals surface area contributed by atoms with Crippen molar-refractivity contribution in [3.63, 3.8) is 0 Å². The van der Waals surface area contributed by atoms with E-state index in [0.717, 1.165) is 0 Å². The zero-order chi connectivity index (χ0) is 11.6. The second-order valence-electron chi connectivity index (χ2n) is 2.42. The Morgan fingerprint density at radius 3 is 2.53 bits per heavy atom. The number of nitrogens with zero attached hydrogens (tertiary/aromatic N) is 3. The lowest BCUT2D eigenvalue weighted by Crippen LogP contribution is -2.10. The lowest BCUT2D eigenvalue weighted by molar-refractivity contribution is -0.388. The topological polar surface area (TPSA) is 79.8 Å². The Bertz CT molecular complexity index is 450. The normalized spacial score (nSPS) is 10.8. The summed E-state index contributed by atoms with van der Waals surface area (Å²) >= 11 is 0. The SMILES string of the molecule is N#Cc1nccc(C(F)(F)F)c1[N+](=O)[O-]. The lowest BCUT2D eigenvalue weighted by atomic mass is 10.2. The molecular weight excluding hydrogens is 215 g/mol. The zero-order valence-electron chi connectivity index (χ0n) is 6.95. The molecule has 1 heterocycles. The van der Waals surface area contributed by atoms with Gasteiger partial charge in [0.1, 0.15) is 11.6 Å². The summed E-state index contributed by atoms with van der Waals surface area (Å²) in [5.41, 5.74) is -3.64. The number of alkyl halides is 3. The minimum absolute atomic E-state index is 0.457. The first-order chi connectivity index (χ1) is 6.88. The minimum atomic E-state index is -4.88. The van der Waals surface area contributed by atoms with Crippen LogP contribution in [0.2, 0.25) is 0 Å². The fourth-order valence-electron chi connectivity index (χ4n) is 0.949. The fourth-order valence-corrected chi connectivity index (χ4v) is 0.949. The average molecular weight is 217 g/mol. The number of hydrogen-bond donors (Lipinski definition) is 0. The van der Waals surface area contributed by atoms with E-state index in [2.05, 4.69) is 4.98 Å². The molecule has 8 heteroatoms. The van der Waals surface area contributed by atoms with Crippen LogP contribution in [-0.4, -0.2) is 9.91 Å². The van der Waals surface area contributed by atoms with Crippen molar-refractivity contribution < 1.29 is 18.1 Å². The number of halogens is 3. The Kier molecular flexibility index (Phi) is 2.57. The molecule has 0 radical (unpaired) electrons. The molecule has 0 N–H and O–H groups in total. The van der Waals surface area contributed by atoms with Gasteiger partial charge < -0.3 is 0 Å². The maximum Gasteiger partial charge on any atom is 0.423 e. The first-order valence-electron chi connectivity index (χ1n) is 3.48. The molecule has 15 heavy (non-hydrogen) atoms. The molecule has 0 fully saturated rings. The van der Waals surface area contributed by atoms with E-state index in [1.807, 2.05) is 0 Å². The molecule has 0 saturated heterocycles. The summed E-state index contributed by atoms with van der Waals surface area (Å²) in [6.45, 7) is 0. The van der Waals surface area contributed by atoms with Crippen LogP contribution in [0.4, 0.5) is 18.9 Å². The number of nitriles is 1. The van der Waals surface area contributed by atoms with Gasteiger partial charge in [-0.05, 0) is 6.07 Å². The molecule has 0 aromatic carbocycles. The van der Waals surface area contributed by atoms with Crippen LogP contribution in [0.25, 0.3) is 0 Å². The molecule has 0 aliphatic rings. The van der Waals surface area contributed by atoms with Crippen molar-refractivity contribution in [2.45, 2.75) is 6.18 Å². The maximum atomic E-state index is 12.3. The largest absolute Gasteiger partial charge is 0.423 e. The van der Waals surface area contributed by atoms with Gasteiger partial charge in [-0.2, -0.15) is 18.4 Å². The minimum Gasteiger partial charge on any atom is -0.258 e. The molecule has 0 saturated carbocycles. The van der Waals surface area contributed by atoms with E-state index < -0.39 is 28.0 Å². The quantitative estimate of drug-likeness (QED) is 0.531. The van der Waals surface area contributed by atoms with Crippen molar-refractivity contribution in [3.8, 4) is 6.07 Å². The monoisotopic (exact) mass is 217 g/mol. The van der Waals surface area contributed by atoms with Crippen LogP contribution in [0, 0.1) is 21.4 Å². The zero-order valence-corrected chi connectivity index (χ0v) is 6.95. The van der Waals surface area contributed by atoms with Crippen molar-refractivity contribution in [2.75, 3.05) is 0 Å². The Morgan fingerprint density at radius 2 is 2.13 bits per heavy atom. The van der Waals surface area contributed by atoms with E-state index in [9.17, 15) is 23.3 Å². The number of nitro groups is 1. The third-order valence-corrected chi connectivity index (χ3v) is 1.52. The predicted octanol–water partition coefficient (Wildman–Crippen LogP) is 1.88. The van der Waals surface area contributed by atoms with Crippen LogP contribution in [0.1, 0.15) is 11.3 Å². The van der Waals surface area contributed by atoms with Crippen LogP contribution in [0.5, 0.6) is 0 Å². The highest BCUT2D eigenvalue weighted by atomic mass is 19.4. The highest BCUT2D eigenvalue weighted by Gasteiger charge is 2.40. The highest BCUT2D eigenvalue weighted by Crippen LogP contribution is 2.36. The molecule has 0 atom stereocenters. The van der Waals surface area contributed by atoms with E-state index in [4.69, 9.17) is 5.26 Å².